The van der Waals surface area contributed by atoms with Crippen molar-refractivity contribution in [1.29, 1.82) is 0 Å². The fourth-order valence-electron chi connectivity index (χ4n) is 7.47. The number of aliphatic hydroxyl groups is 1. The summed E-state index contributed by atoms with van der Waals surface area (Å²) in [5.41, 5.74) is 0. The number of hydrogen-bond donors (Lipinski definition) is 1. The first-order valence-electron chi connectivity index (χ1n) is 24.1. The Labute approximate surface area is 331 Å². The highest BCUT2D eigenvalue weighted by Gasteiger charge is 2.21. The Morgan fingerprint density at radius 2 is 0.547 bits per heavy atom. The van der Waals surface area contributed by atoms with E-state index in [0.717, 1.165) is 32.1 Å². The third-order valence-electron chi connectivity index (χ3n) is 11.1. The number of hydrogen-bond acceptors (Lipinski definition) is 5. The van der Waals surface area contributed by atoms with Crippen LogP contribution in [0.2, 0.25) is 0 Å². The summed E-state index contributed by atoms with van der Waals surface area (Å²) < 4.78 is 10.4. The Balaban J connectivity index is 3.34. The Kier molecular flexibility index (Phi) is 44.4. The van der Waals surface area contributed by atoms with Gasteiger partial charge in [0.1, 0.15) is 0 Å². The van der Waals surface area contributed by atoms with Gasteiger partial charge in [-0.25, -0.2) is 4.79 Å². The van der Waals surface area contributed by atoms with E-state index in [0.29, 0.717) is 13.2 Å². The first-order chi connectivity index (χ1) is 26.1. The molecule has 1 unspecified atom stereocenters. The van der Waals surface area contributed by atoms with E-state index in [4.69, 9.17) is 9.47 Å². The minimum absolute atomic E-state index is 0.309. The van der Waals surface area contributed by atoms with Crippen molar-refractivity contribution in [2.24, 2.45) is 0 Å². The molecule has 0 aliphatic heterocycles. The van der Waals surface area contributed by atoms with Crippen LogP contribution in [0.3, 0.4) is 0 Å². The maximum Gasteiger partial charge on any atom is 0.335 e. The zero-order valence-corrected chi connectivity index (χ0v) is 36.1. The summed E-state index contributed by atoms with van der Waals surface area (Å²) in [7, 11) is 0. The van der Waals surface area contributed by atoms with Gasteiger partial charge in [-0.3, -0.25) is 4.79 Å². The maximum atomic E-state index is 12.1. The molecule has 1 atom stereocenters. The Morgan fingerprint density at radius 1 is 0.340 bits per heavy atom. The van der Waals surface area contributed by atoms with Crippen molar-refractivity contribution in [2.75, 3.05) is 13.2 Å². The molecule has 0 amide bonds. The van der Waals surface area contributed by atoms with Crippen molar-refractivity contribution in [3.63, 3.8) is 0 Å². The van der Waals surface area contributed by atoms with Crippen LogP contribution in [0.5, 0.6) is 0 Å². The molecule has 1 N–H and O–H groups in total. The number of aliphatic hydroxyl groups excluding tert-OH is 1. The van der Waals surface area contributed by atoms with E-state index in [2.05, 4.69) is 13.8 Å². The average Bonchev–Trinajstić information content (AvgIpc) is 3.15. The lowest BCUT2D eigenvalue weighted by atomic mass is 10.0. The lowest BCUT2D eigenvalue weighted by Gasteiger charge is -2.11. The van der Waals surface area contributed by atoms with Gasteiger partial charge in [0, 0.05) is 0 Å². The molecule has 53 heavy (non-hydrogen) atoms. The second kappa shape index (κ2) is 45.3. The molecule has 0 saturated heterocycles. The van der Waals surface area contributed by atoms with Gasteiger partial charge >= 0.3 is 11.9 Å². The molecule has 0 aromatic rings. The molecule has 0 aliphatic carbocycles. The van der Waals surface area contributed by atoms with Crippen molar-refractivity contribution in [2.45, 2.75) is 283 Å². The molecule has 5 heteroatoms. The van der Waals surface area contributed by atoms with E-state index in [1.165, 1.54) is 225 Å². The van der Waals surface area contributed by atoms with Gasteiger partial charge in [-0.1, -0.05) is 258 Å². The van der Waals surface area contributed by atoms with E-state index in [1.54, 1.807) is 0 Å². The van der Waals surface area contributed by atoms with E-state index in [1.807, 2.05) is 0 Å². The summed E-state index contributed by atoms with van der Waals surface area (Å²) in [6, 6.07) is 0. The van der Waals surface area contributed by atoms with Gasteiger partial charge in [-0.2, -0.15) is 0 Å². The van der Waals surface area contributed by atoms with Crippen molar-refractivity contribution in [3.05, 3.63) is 0 Å². The van der Waals surface area contributed by atoms with Gasteiger partial charge in [-0.15, -0.1) is 0 Å². The number of carbonyl (C=O) groups excluding carboxylic acids is 2. The average molecular weight is 751 g/mol. The highest BCUT2D eigenvalue weighted by molar-refractivity contribution is 5.81. The van der Waals surface area contributed by atoms with E-state index < -0.39 is 18.0 Å². The lowest BCUT2D eigenvalue weighted by Crippen LogP contribution is -2.27. The number of carbonyl (C=O) groups is 2. The minimum atomic E-state index is -1.43. The fraction of sp³-hybridized carbons (Fsp3) is 0.958. The second-order valence-electron chi connectivity index (χ2n) is 16.5. The third-order valence-corrected chi connectivity index (χ3v) is 11.1. The molecule has 0 aromatic carbocycles. The molecule has 0 saturated carbocycles. The molecule has 0 spiro atoms. The summed E-state index contributed by atoms with van der Waals surface area (Å²) >= 11 is 0. The van der Waals surface area contributed by atoms with E-state index in [-0.39, 0.29) is 6.42 Å². The van der Waals surface area contributed by atoms with Gasteiger partial charge < -0.3 is 14.6 Å². The minimum Gasteiger partial charge on any atom is -0.466 e. The zero-order chi connectivity index (χ0) is 38.6. The number of ether oxygens (including phenoxy) is 2. The molecule has 0 aromatic heterocycles. The van der Waals surface area contributed by atoms with Gasteiger partial charge in [0.05, 0.1) is 19.6 Å². The quantitative estimate of drug-likeness (QED) is 0.0495. The predicted molar refractivity (Wildman–Crippen MR) is 229 cm³/mol. The van der Waals surface area contributed by atoms with Crippen LogP contribution in [0, 0.1) is 0 Å². The van der Waals surface area contributed by atoms with Crippen molar-refractivity contribution < 1.29 is 24.2 Å². The Bertz CT molecular complexity index is 725. The highest BCUT2D eigenvalue weighted by atomic mass is 16.6. The topological polar surface area (TPSA) is 72.8 Å². The van der Waals surface area contributed by atoms with Crippen LogP contribution in [0.15, 0.2) is 0 Å². The maximum absolute atomic E-state index is 12.1. The summed E-state index contributed by atoms with van der Waals surface area (Å²) in [6.07, 6.45) is 51.6. The van der Waals surface area contributed by atoms with Crippen LogP contribution in [-0.2, 0) is 19.1 Å². The first-order valence-corrected chi connectivity index (χ1v) is 24.1. The van der Waals surface area contributed by atoms with Crippen LogP contribution in [0.4, 0.5) is 0 Å². The smallest absolute Gasteiger partial charge is 0.335 e. The van der Waals surface area contributed by atoms with Crippen molar-refractivity contribution in [1.82, 2.24) is 0 Å². The summed E-state index contributed by atoms with van der Waals surface area (Å²) in [5.74, 6) is -1.23. The molecule has 0 aliphatic rings. The molecule has 0 bridgehead atoms. The number of rotatable bonds is 45. The van der Waals surface area contributed by atoms with Crippen molar-refractivity contribution in [3.8, 4) is 0 Å². The fourth-order valence-corrected chi connectivity index (χ4v) is 7.47. The molecule has 316 valence electrons. The summed E-state index contributed by atoms with van der Waals surface area (Å²) in [4.78, 5) is 24.1. The van der Waals surface area contributed by atoms with Crippen LogP contribution in [0.1, 0.15) is 277 Å². The molecule has 5 nitrogen and oxygen atoms in total. The molecule has 0 heterocycles. The molecular weight excluding hydrogens is 657 g/mol. The second-order valence-corrected chi connectivity index (χ2v) is 16.5. The highest BCUT2D eigenvalue weighted by Crippen LogP contribution is 2.17. The number of unbranched alkanes of at least 4 members (excludes halogenated alkanes) is 38. The van der Waals surface area contributed by atoms with Gasteiger partial charge in [-0.05, 0) is 12.8 Å². The van der Waals surface area contributed by atoms with Gasteiger partial charge in [0.25, 0.3) is 0 Å². The van der Waals surface area contributed by atoms with Crippen LogP contribution in [-0.4, -0.2) is 36.4 Å². The lowest BCUT2D eigenvalue weighted by molar-refractivity contribution is -0.160. The largest absolute Gasteiger partial charge is 0.466 e. The van der Waals surface area contributed by atoms with Gasteiger partial charge in [0.2, 0.25) is 0 Å². The van der Waals surface area contributed by atoms with Crippen molar-refractivity contribution >= 4 is 11.9 Å². The standard InChI is InChI=1S/C48H94O5/c1-3-5-7-9-11-13-15-17-19-21-23-25-27-29-31-33-35-37-39-41-43-52-47(50)45-46(49)48(51)53-44-42-40-38-36-34-32-30-28-26-24-22-20-18-16-14-12-10-8-6-4-2/h46,49H,3-45H2,1-2H3. The number of esters is 2. The third kappa shape index (κ3) is 43.5. The molecule has 0 fully saturated rings. The first kappa shape index (κ1) is 51.9. The Hall–Kier alpha value is -1.10. The SMILES string of the molecule is CCCCCCCCCCCCCCCCCCCCCCOC(=O)CC(O)C(=O)OCCCCCCCCCCCCCCCCCCCCCC. The van der Waals surface area contributed by atoms with E-state index >= 15 is 0 Å². The van der Waals surface area contributed by atoms with E-state index in [9.17, 15) is 14.7 Å². The van der Waals surface area contributed by atoms with Crippen LogP contribution in [0.25, 0.3) is 0 Å². The molecule has 0 rings (SSSR count). The monoisotopic (exact) mass is 751 g/mol. The van der Waals surface area contributed by atoms with Crippen LogP contribution >= 0.6 is 0 Å². The predicted octanol–water partition coefficient (Wildman–Crippen LogP) is 15.5. The normalized spacial score (nSPS) is 12.0. The van der Waals surface area contributed by atoms with Gasteiger partial charge in [0.15, 0.2) is 6.10 Å². The summed E-state index contributed by atoms with van der Waals surface area (Å²) in [5, 5.41) is 10.0. The summed E-state index contributed by atoms with van der Waals surface area (Å²) in [6.45, 7) is 5.24. The molecule has 0 radical (unpaired) electrons. The zero-order valence-electron chi connectivity index (χ0n) is 36.1. The Morgan fingerprint density at radius 3 is 0.792 bits per heavy atom. The molecular formula is C48H94O5. The van der Waals surface area contributed by atoms with Crippen LogP contribution < -0.4 is 0 Å².